The molecule has 0 spiro atoms. The van der Waals surface area contributed by atoms with Crippen molar-refractivity contribution >= 4 is 5.91 Å². The Labute approximate surface area is 169 Å². The molecule has 1 saturated carbocycles. The van der Waals surface area contributed by atoms with Crippen LogP contribution in [0.15, 0.2) is 42.5 Å². The van der Waals surface area contributed by atoms with E-state index >= 15 is 0 Å². The van der Waals surface area contributed by atoms with Crippen LogP contribution in [0.5, 0.6) is 5.75 Å². The number of ether oxygens (including phenoxy) is 1. The molecule has 1 aliphatic carbocycles. The highest BCUT2D eigenvalue weighted by molar-refractivity contribution is 5.94. The molecule has 2 atom stereocenters. The van der Waals surface area contributed by atoms with Gasteiger partial charge in [-0.3, -0.25) is 9.69 Å². The monoisotopic (exact) mass is 426 g/mol. The van der Waals surface area contributed by atoms with Crippen molar-refractivity contribution in [3.05, 3.63) is 65.2 Å². The zero-order valence-electron chi connectivity index (χ0n) is 15.8. The Morgan fingerprint density at radius 2 is 1.83 bits per heavy atom. The first-order valence-electron chi connectivity index (χ1n) is 9.50. The number of nitrogens with zero attached hydrogens (tertiary/aromatic N) is 1. The normalized spacial score (nSPS) is 23.2. The van der Waals surface area contributed by atoms with Crippen molar-refractivity contribution in [3.8, 4) is 5.75 Å². The molecule has 2 aliphatic rings. The lowest BCUT2D eigenvalue weighted by molar-refractivity contribution is -0.274. The van der Waals surface area contributed by atoms with E-state index in [0.717, 1.165) is 31.3 Å². The SMILES string of the molecule is O=C(NCC1C2CN(Cc3ccc(F)cc3F)CC12)c1cccc(OC(F)(F)F)c1. The average molecular weight is 426 g/mol. The molecule has 1 saturated heterocycles. The van der Waals surface area contributed by atoms with Crippen LogP contribution in [-0.2, 0) is 6.54 Å². The lowest BCUT2D eigenvalue weighted by Crippen LogP contribution is -2.30. The highest BCUT2D eigenvalue weighted by Crippen LogP contribution is 2.51. The summed E-state index contributed by atoms with van der Waals surface area (Å²) in [6, 6.07) is 8.49. The molecule has 2 unspecified atom stereocenters. The van der Waals surface area contributed by atoms with E-state index < -0.39 is 29.7 Å². The maximum absolute atomic E-state index is 13.8. The molecule has 4 rings (SSSR count). The Bertz CT molecular complexity index is 937. The summed E-state index contributed by atoms with van der Waals surface area (Å²) in [6.07, 6.45) is -4.82. The number of benzene rings is 2. The van der Waals surface area contributed by atoms with Crippen LogP contribution in [0.2, 0.25) is 0 Å². The zero-order chi connectivity index (χ0) is 21.5. The second-order valence-electron chi connectivity index (χ2n) is 7.71. The van der Waals surface area contributed by atoms with Gasteiger partial charge in [0.15, 0.2) is 0 Å². The van der Waals surface area contributed by atoms with Crippen molar-refractivity contribution in [1.29, 1.82) is 0 Å². The minimum Gasteiger partial charge on any atom is -0.406 e. The molecule has 4 nitrogen and oxygen atoms in total. The highest BCUT2D eigenvalue weighted by Gasteiger charge is 2.55. The van der Waals surface area contributed by atoms with Gasteiger partial charge in [0.05, 0.1) is 0 Å². The number of piperidine rings is 1. The van der Waals surface area contributed by atoms with E-state index in [1.807, 2.05) is 0 Å². The van der Waals surface area contributed by atoms with E-state index in [4.69, 9.17) is 0 Å². The van der Waals surface area contributed by atoms with Crippen molar-refractivity contribution in [3.63, 3.8) is 0 Å². The van der Waals surface area contributed by atoms with E-state index in [9.17, 15) is 26.7 Å². The van der Waals surface area contributed by atoms with Gasteiger partial charge in [-0.05, 0) is 42.0 Å². The van der Waals surface area contributed by atoms with Gasteiger partial charge >= 0.3 is 6.36 Å². The van der Waals surface area contributed by atoms with Crippen LogP contribution in [0.25, 0.3) is 0 Å². The Kier molecular flexibility index (Phi) is 5.40. The summed E-state index contributed by atoms with van der Waals surface area (Å²) in [5.74, 6) is -1.01. The largest absolute Gasteiger partial charge is 0.573 e. The van der Waals surface area contributed by atoms with Crippen LogP contribution in [0.3, 0.4) is 0 Å². The van der Waals surface area contributed by atoms with Gasteiger partial charge in [0, 0.05) is 43.4 Å². The molecule has 0 radical (unpaired) electrons. The highest BCUT2D eigenvalue weighted by atomic mass is 19.4. The number of hydrogen-bond donors (Lipinski definition) is 1. The first kappa shape index (κ1) is 20.6. The van der Waals surface area contributed by atoms with Gasteiger partial charge < -0.3 is 10.1 Å². The fourth-order valence-corrected chi connectivity index (χ4v) is 4.21. The number of carbonyl (C=O) groups excluding carboxylic acids is 1. The van der Waals surface area contributed by atoms with Gasteiger partial charge in [-0.2, -0.15) is 0 Å². The standard InChI is InChI=1S/C21H19F5N2O2/c22-14-5-4-13(19(23)7-14)9-28-10-17-16(18(17)11-28)8-27-20(29)12-2-1-3-15(6-12)30-21(24,25)26/h1-7,16-18H,8-11H2,(H,27,29). The molecular formula is C21H19F5N2O2. The van der Waals surface area contributed by atoms with Crippen LogP contribution in [0.4, 0.5) is 22.0 Å². The molecule has 2 aromatic carbocycles. The molecule has 1 amide bonds. The van der Waals surface area contributed by atoms with Crippen molar-refractivity contribution in [2.24, 2.45) is 17.8 Å². The van der Waals surface area contributed by atoms with Crippen molar-refractivity contribution in [1.82, 2.24) is 10.2 Å². The minimum atomic E-state index is -4.82. The van der Waals surface area contributed by atoms with Crippen molar-refractivity contribution < 1.29 is 31.5 Å². The van der Waals surface area contributed by atoms with Crippen LogP contribution in [0, 0.1) is 29.4 Å². The van der Waals surface area contributed by atoms with E-state index in [0.29, 0.717) is 30.5 Å². The van der Waals surface area contributed by atoms with Crippen LogP contribution < -0.4 is 10.1 Å². The third-order valence-electron chi connectivity index (χ3n) is 5.68. The third kappa shape index (κ3) is 4.72. The predicted octanol–water partition coefficient (Wildman–Crippen LogP) is 3.97. The van der Waals surface area contributed by atoms with Gasteiger partial charge in [-0.15, -0.1) is 13.2 Å². The van der Waals surface area contributed by atoms with Crippen molar-refractivity contribution in [2.75, 3.05) is 19.6 Å². The third-order valence-corrected chi connectivity index (χ3v) is 5.68. The van der Waals surface area contributed by atoms with E-state index in [-0.39, 0.29) is 11.5 Å². The van der Waals surface area contributed by atoms with Gasteiger partial charge in [0.25, 0.3) is 5.91 Å². The number of halogens is 5. The summed E-state index contributed by atoms with van der Waals surface area (Å²) >= 11 is 0. The number of alkyl halides is 3. The molecule has 9 heteroatoms. The van der Waals surface area contributed by atoms with Crippen molar-refractivity contribution in [2.45, 2.75) is 12.9 Å². The maximum Gasteiger partial charge on any atom is 0.573 e. The number of hydrogen-bond acceptors (Lipinski definition) is 3. The average Bonchev–Trinajstić information content (AvgIpc) is 3.11. The van der Waals surface area contributed by atoms with Crippen LogP contribution in [-0.4, -0.2) is 36.8 Å². The lowest BCUT2D eigenvalue weighted by Gasteiger charge is -2.20. The van der Waals surface area contributed by atoms with Crippen LogP contribution >= 0.6 is 0 Å². The quantitative estimate of drug-likeness (QED) is 0.711. The fraction of sp³-hybridized carbons (Fsp3) is 0.381. The number of amides is 1. The molecule has 1 aliphatic heterocycles. The first-order chi connectivity index (χ1) is 14.2. The molecule has 160 valence electrons. The molecule has 0 aromatic heterocycles. The first-order valence-corrected chi connectivity index (χ1v) is 9.50. The molecule has 1 N–H and O–H groups in total. The second kappa shape index (κ2) is 7.86. The number of nitrogens with one attached hydrogen (secondary N) is 1. The van der Waals surface area contributed by atoms with Gasteiger partial charge in [-0.1, -0.05) is 12.1 Å². The molecule has 0 bridgehead atoms. The Hall–Kier alpha value is -2.68. The smallest absolute Gasteiger partial charge is 0.406 e. The molecular weight excluding hydrogens is 407 g/mol. The molecule has 2 fully saturated rings. The summed E-state index contributed by atoms with van der Waals surface area (Å²) in [5.41, 5.74) is 0.541. The van der Waals surface area contributed by atoms with E-state index in [1.165, 1.54) is 24.3 Å². The summed E-state index contributed by atoms with van der Waals surface area (Å²) < 4.78 is 67.6. The fourth-order valence-electron chi connectivity index (χ4n) is 4.21. The second-order valence-corrected chi connectivity index (χ2v) is 7.71. The Morgan fingerprint density at radius 3 is 2.50 bits per heavy atom. The number of likely N-dealkylation sites (tertiary alicyclic amines) is 1. The molecule has 2 aromatic rings. The van der Waals surface area contributed by atoms with E-state index in [2.05, 4.69) is 15.0 Å². The van der Waals surface area contributed by atoms with E-state index in [1.54, 1.807) is 0 Å². The predicted molar refractivity (Wildman–Crippen MR) is 97.6 cm³/mol. The van der Waals surface area contributed by atoms with Crippen LogP contribution in [0.1, 0.15) is 15.9 Å². The van der Waals surface area contributed by atoms with Gasteiger partial charge in [0.1, 0.15) is 17.4 Å². The molecule has 1 heterocycles. The number of fused-ring (bicyclic) bond motifs is 1. The Balaban J connectivity index is 1.24. The topological polar surface area (TPSA) is 41.6 Å². The number of carbonyl (C=O) groups is 1. The zero-order valence-corrected chi connectivity index (χ0v) is 15.8. The summed E-state index contributed by atoms with van der Waals surface area (Å²) in [7, 11) is 0. The maximum atomic E-state index is 13.8. The Morgan fingerprint density at radius 1 is 1.10 bits per heavy atom. The van der Waals surface area contributed by atoms with Gasteiger partial charge in [0.2, 0.25) is 0 Å². The summed E-state index contributed by atoms with van der Waals surface area (Å²) in [4.78, 5) is 14.4. The number of rotatable bonds is 6. The molecule has 30 heavy (non-hydrogen) atoms. The minimum absolute atomic E-state index is 0.0935. The van der Waals surface area contributed by atoms with Gasteiger partial charge in [-0.25, -0.2) is 8.78 Å². The summed E-state index contributed by atoms with van der Waals surface area (Å²) in [6.45, 7) is 2.36. The lowest BCUT2D eigenvalue weighted by atomic mass is 10.1. The summed E-state index contributed by atoms with van der Waals surface area (Å²) in [5, 5.41) is 2.76.